The maximum absolute atomic E-state index is 5.07. The molecule has 0 aromatic rings. The molecule has 0 fully saturated rings. The Labute approximate surface area is 113 Å². The van der Waals surface area contributed by atoms with Crippen LogP contribution in [0, 0.1) is 5.41 Å². The summed E-state index contributed by atoms with van der Waals surface area (Å²) in [7, 11) is 0. The van der Waals surface area contributed by atoms with Gasteiger partial charge in [0.1, 0.15) is 0 Å². The van der Waals surface area contributed by atoms with Crippen molar-refractivity contribution in [3.63, 3.8) is 0 Å². The summed E-state index contributed by atoms with van der Waals surface area (Å²) in [6.45, 7) is 11.7. The Morgan fingerprint density at radius 2 is 1.72 bits per heavy atom. The van der Waals surface area contributed by atoms with E-state index in [0.717, 1.165) is 19.3 Å². The van der Waals surface area contributed by atoms with E-state index in [4.69, 9.17) is 5.90 Å². The van der Waals surface area contributed by atoms with Crippen LogP contribution in [0.5, 0.6) is 0 Å². The van der Waals surface area contributed by atoms with Gasteiger partial charge in [0.25, 0.3) is 0 Å². The molecular weight excluding hydrogens is 222 g/mol. The molecule has 2 nitrogen and oxygen atoms in total. The van der Waals surface area contributed by atoms with Crippen LogP contribution < -0.4 is 5.90 Å². The van der Waals surface area contributed by atoms with Crippen LogP contribution in [0.4, 0.5) is 0 Å². The molecule has 0 aliphatic heterocycles. The van der Waals surface area contributed by atoms with E-state index in [0.29, 0.717) is 12.0 Å². The maximum atomic E-state index is 5.07. The van der Waals surface area contributed by atoms with Crippen molar-refractivity contribution in [2.24, 2.45) is 11.3 Å². The van der Waals surface area contributed by atoms with Gasteiger partial charge in [-0.2, -0.15) is 0 Å². The van der Waals surface area contributed by atoms with Crippen molar-refractivity contribution in [3.05, 3.63) is 23.3 Å². The molecule has 2 N–H and O–H groups in total. The quantitative estimate of drug-likeness (QED) is 0.474. The molecule has 18 heavy (non-hydrogen) atoms. The average Bonchev–Trinajstić information content (AvgIpc) is 2.25. The van der Waals surface area contributed by atoms with Gasteiger partial charge < -0.3 is 4.84 Å². The van der Waals surface area contributed by atoms with E-state index in [1.165, 1.54) is 24.0 Å². The van der Waals surface area contributed by atoms with Crippen LogP contribution in [-0.4, -0.2) is 6.61 Å². The summed E-state index contributed by atoms with van der Waals surface area (Å²) in [5.41, 5.74) is 3.22. The second-order valence-electron chi connectivity index (χ2n) is 6.19. The standard InChI is InChI=1S/C16H31NO/c1-14(2)8-6-9-15(3)10-7-11-16(4,5)12-13-18-17/h8,10H,6-7,9,11-13,17H2,1-5H3. The van der Waals surface area contributed by atoms with Crippen molar-refractivity contribution >= 4 is 0 Å². The second kappa shape index (κ2) is 9.35. The van der Waals surface area contributed by atoms with E-state index in [1.54, 1.807) is 0 Å². The molecule has 0 amide bonds. The summed E-state index contributed by atoms with van der Waals surface area (Å²) in [6, 6.07) is 0. The third-order valence-corrected chi connectivity index (χ3v) is 3.30. The third-order valence-electron chi connectivity index (χ3n) is 3.30. The van der Waals surface area contributed by atoms with Crippen LogP contribution in [0.3, 0.4) is 0 Å². The highest BCUT2D eigenvalue weighted by atomic mass is 16.6. The molecule has 2 heteroatoms. The van der Waals surface area contributed by atoms with E-state index in [2.05, 4.69) is 51.6 Å². The first-order chi connectivity index (χ1) is 8.37. The van der Waals surface area contributed by atoms with E-state index in [9.17, 15) is 0 Å². The van der Waals surface area contributed by atoms with Crippen molar-refractivity contribution in [2.45, 2.75) is 66.7 Å². The molecule has 0 spiro atoms. The average molecular weight is 253 g/mol. The van der Waals surface area contributed by atoms with Gasteiger partial charge >= 0.3 is 0 Å². The Bertz CT molecular complexity index is 273. The van der Waals surface area contributed by atoms with Crippen LogP contribution in [0.15, 0.2) is 23.3 Å². The number of rotatable bonds is 9. The largest absolute Gasteiger partial charge is 0.305 e. The molecule has 0 aliphatic carbocycles. The lowest BCUT2D eigenvalue weighted by molar-refractivity contribution is 0.103. The summed E-state index contributed by atoms with van der Waals surface area (Å²) in [6.07, 6.45) is 10.4. The minimum Gasteiger partial charge on any atom is -0.305 e. The molecular formula is C16H31NO. The SMILES string of the molecule is CC(C)=CCCC(C)=CCCC(C)(C)CCON. The molecule has 0 aromatic carbocycles. The Balaban J connectivity index is 3.88. The molecule has 0 aliphatic rings. The van der Waals surface area contributed by atoms with E-state index in [-0.39, 0.29) is 0 Å². The summed E-state index contributed by atoms with van der Waals surface area (Å²) >= 11 is 0. The van der Waals surface area contributed by atoms with Gasteiger partial charge in [-0.1, -0.05) is 37.1 Å². The first-order valence-corrected chi connectivity index (χ1v) is 6.98. The fraction of sp³-hybridized carbons (Fsp3) is 0.750. The number of hydrogen-bond donors (Lipinski definition) is 1. The van der Waals surface area contributed by atoms with Gasteiger partial charge in [0, 0.05) is 0 Å². The van der Waals surface area contributed by atoms with Crippen molar-refractivity contribution in [3.8, 4) is 0 Å². The first kappa shape index (κ1) is 17.4. The highest BCUT2D eigenvalue weighted by Gasteiger charge is 2.16. The lowest BCUT2D eigenvalue weighted by Crippen LogP contribution is -2.15. The zero-order valence-corrected chi connectivity index (χ0v) is 12.9. The number of allylic oxidation sites excluding steroid dienone is 4. The zero-order chi connectivity index (χ0) is 14.0. The summed E-state index contributed by atoms with van der Waals surface area (Å²) in [5, 5.41) is 0. The van der Waals surface area contributed by atoms with Crippen LogP contribution in [0.2, 0.25) is 0 Å². The summed E-state index contributed by atoms with van der Waals surface area (Å²) in [4.78, 5) is 4.66. The van der Waals surface area contributed by atoms with Gasteiger partial charge in [-0.3, -0.25) is 0 Å². The first-order valence-electron chi connectivity index (χ1n) is 6.98. The van der Waals surface area contributed by atoms with Gasteiger partial charge in [-0.15, -0.1) is 0 Å². The molecule has 0 bridgehead atoms. The molecule has 0 heterocycles. The van der Waals surface area contributed by atoms with Gasteiger partial charge in [0.2, 0.25) is 0 Å². The molecule has 0 unspecified atom stereocenters. The molecule has 0 rings (SSSR count). The van der Waals surface area contributed by atoms with Crippen LogP contribution in [0.25, 0.3) is 0 Å². The Morgan fingerprint density at radius 3 is 2.28 bits per heavy atom. The fourth-order valence-electron chi connectivity index (χ4n) is 1.86. The molecule has 106 valence electrons. The molecule has 0 radical (unpaired) electrons. The van der Waals surface area contributed by atoms with Crippen LogP contribution in [-0.2, 0) is 4.84 Å². The van der Waals surface area contributed by atoms with Crippen molar-refractivity contribution < 1.29 is 4.84 Å². The lowest BCUT2D eigenvalue weighted by Gasteiger charge is -2.23. The van der Waals surface area contributed by atoms with Gasteiger partial charge in [-0.25, -0.2) is 5.90 Å². The van der Waals surface area contributed by atoms with E-state index < -0.39 is 0 Å². The molecule has 0 aromatic heterocycles. The predicted octanol–water partition coefficient (Wildman–Crippen LogP) is 4.77. The highest BCUT2D eigenvalue weighted by molar-refractivity contribution is 5.02. The van der Waals surface area contributed by atoms with Crippen molar-refractivity contribution in [2.75, 3.05) is 6.61 Å². The van der Waals surface area contributed by atoms with Gasteiger partial charge in [0.15, 0.2) is 0 Å². The molecule has 0 saturated heterocycles. The Hall–Kier alpha value is -0.600. The highest BCUT2D eigenvalue weighted by Crippen LogP contribution is 2.27. The van der Waals surface area contributed by atoms with Crippen molar-refractivity contribution in [1.82, 2.24) is 0 Å². The topological polar surface area (TPSA) is 35.2 Å². The lowest BCUT2D eigenvalue weighted by atomic mass is 9.84. The monoisotopic (exact) mass is 253 g/mol. The Kier molecular flexibility index (Phi) is 9.03. The van der Waals surface area contributed by atoms with Gasteiger partial charge in [-0.05, 0) is 58.3 Å². The predicted molar refractivity (Wildman–Crippen MR) is 80.2 cm³/mol. The van der Waals surface area contributed by atoms with E-state index in [1.807, 2.05) is 0 Å². The van der Waals surface area contributed by atoms with Crippen molar-refractivity contribution in [1.29, 1.82) is 0 Å². The second-order valence-corrected chi connectivity index (χ2v) is 6.19. The maximum Gasteiger partial charge on any atom is 0.0684 e. The van der Waals surface area contributed by atoms with Crippen LogP contribution >= 0.6 is 0 Å². The van der Waals surface area contributed by atoms with Gasteiger partial charge in [0.05, 0.1) is 6.61 Å². The summed E-state index contributed by atoms with van der Waals surface area (Å²) in [5.74, 6) is 5.07. The minimum atomic E-state index is 0.316. The minimum absolute atomic E-state index is 0.316. The van der Waals surface area contributed by atoms with E-state index >= 15 is 0 Å². The zero-order valence-electron chi connectivity index (χ0n) is 12.9. The fourth-order valence-corrected chi connectivity index (χ4v) is 1.86. The molecule has 0 saturated carbocycles. The number of nitrogens with two attached hydrogens (primary N) is 1. The molecule has 0 atom stereocenters. The number of hydrogen-bond acceptors (Lipinski definition) is 2. The normalized spacial score (nSPS) is 12.7. The smallest absolute Gasteiger partial charge is 0.0684 e. The van der Waals surface area contributed by atoms with Crippen LogP contribution in [0.1, 0.15) is 66.7 Å². The summed E-state index contributed by atoms with van der Waals surface area (Å²) < 4.78 is 0. The third kappa shape index (κ3) is 10.5. The Morgan fingerprint density at radius 1 is 1.06 bits per heavy atom.